The van der Waals surface area contributed by atoms with E-state index in [1.165, 1.54) is 5.56 Å². The van der Waals surface area contributed by atoms with Crippen molar-refractivity contribution in [2.75, 3.05) is 0 Å². The molecule has 0 atom stereocenters. The van der Waals surface area contributed by atoms with Crippen LogP contribution in [0.3, 0.4) is 0 Å². The van der Waals surface area contributed by atoms with E-state index in [4.69, 9.17) is 11.6 Å². The van der Waals surface area contributed by atoms with Crippen molar-refractivity contribution in [2.24, 2.45) is 0 Å². The van der Waals surface area contributed by atoms with Gasteiger partial charge in [0.05, 0.1) is 5.69 Å². The number of hydrogen-bond donors (Lipinski definition) is 0. The Morgan fingerprint density at radius 3 is 2.62 bits per heavy atom. The molecular weight excluding hydrogens is 222 g/mol. The predicted octanol–water partition coefficient (Wildman–Crippen LogP) is 2.93. The van der Waals surface area contributed by atoms with Crippen molar-refractivity contribution in [3.05, 3.63) is 40.8 Å². The van der Waals surface area contributed by atoms with Crippen LogP contribution in [0.4, 0.5) is 0 Å². The van der Waals surface area contributed by atoms with Crippen molar-refractivity contribution in [1.29, 1.82) is 0 Å². The molecule has 4 heteroatoms. The van der Waals surface area contributed by atoms with Crippen molar-refractivity contribution in [2.45, 2.75) is 26.7 Å². The van der Waals surface area contributed by atoms with E-state index >= 15 is 0 Å². The number of halogens is 1. The van der Waals surface area contributed by atoms with Crippen molar-refractivity contribution < 1.29 is 0 Å². The predicted molar refractivity (Wildman–Crippen MR) is 65.1 cm³/mol. The van der Waals surface area contributed by atoms with Crippen LogP contribution in [-0.4, -0.2) is 14.8 Å². The lowest BCUT2D eigenvalue weighted by molar-refractivity contribution is 0.804. The molecule has 0 saturated carbocycles. The minimum absolute atomic E-state index is 0.494. The highest BCUT2D eigenvalue weighted by atomic mass is 35.5. The lowest BCUT2D eigenvalue weighted by Crippen LogP contribution is -2.02. The molecule has 0 aliphatic carbocycles. The Bertz CT molecular complexity index is 517. The van der Waals surface area contributed by atoms with E-state index in [1.54, 1.807) is 6.20 Å². The van der Waals surface area contributed by atoms with Gasteiger partial charge in [-0.1, -0.05) is 0 Å². The molecule has 2 aromatic heterocycles. The normalized spacial score (nSPS) is 10.8. The van der Waals surface area contributed by atoms with Crippen LogP contribution in [0.1, 0.15) is 22.5 Å². The minimum atomic E-state index is 0.494. The van der Waals surface area contributed by atoms with Gasteiger partial charge < -0.3 is 0 Å². The van der Waals surface area contributed by atoms with Crippen molar-refractivity contribution >= 4 is 11.6 Å². The summed E-state index contributed by atoms with van der Waals surface area (Å²) in [6.45, 7) is 6.12. The first kappa shape index (κ1) is 11.1. The molecular formula is C12H14ClN3. The Morgan fingerprint density at radius 2 is 2.06 bits per heavy atom. The molecule has 16 heavy (non-hydrogen) atoms. The zero-order valence-electron chi connectivity index (χ0n) is 9.66. The summed E-state index contributed by atoms with van der Waals surface area (Å²) in [5.41, 5.74) is 4.42. The topological polar surface area (TPSA) is 30.7 Å². The third-order valence-electron chi connectivity index (χ3n) is 2.83. The Kier molecular flexibility index (Phi) is 2.97. The average Bonchev–Trinajstić information content (AvgIpc) is 2.57. The highest BCUT2D eigenvalue weighted by molar-refractivity contribution is 6.17. The van der Waals surface area contributed by atoms with Gasteiger partial charge in [-0.05, 0) is 44.0 Å². The second kappa shape index (κ2) is 4.26. The van der Waals surface area contributed by atoms with Crippen molar-refractivity contribution in [1.82, 2.24) is 14.8 Å². The van der Waals surface area contributed by atoms with E-state index < -0.39 is 0 Å². The van der Waals surface area contributed by atoms with E-state index in [-0.39, 0.29) is 0 Å². The van der Waals surface area contributed by atoms with Crippen LogP contribution in [0.15, 0.2) is 18.3 Å². The Hall–Kier alpha value is -1.35. The second-order valence-electron chi connectivity index (χ2n) is 3.86. The summed E-state index contributed by atoms with van der Waals surface area (Å²) < 4.78 is 1.86. The van der Waals surface area contributed by atoms with Gasteiger partial charge in [-0.25, -0.2) is 9.67 Å². The summed E-state index contributed by atoms with van der Waals surface area (Å²) in [4.78, 5) is 4.31. The summed E-state index contributed by atoms with van der Waals surface area (Å²) in [5.74, 6) is 1.32. The first-order chi connectivity index (χ1) is 7.63. The molecule has 0 bridgehead atoms. The number of aryl methyl sites for hydroxylation is 1. The molecule has 0 aliphatic rings. The lowest BCUT2D eigenvalue weighted by atomic mass is 10.2. The van der Waals surface area contributed by atoms with Crippen LogP contribution < -0.4 is 0 Å². The van der Waals surface area contributed by atoms with Crippen LogP contribution in [0, 0.1) is 20.8 Å². The van der Waals surface area contributed by atoms with E-state index in [1.807, 2.05) is 30.7 Å². The molecule has 0 aliphatic heterocycles. The van der Waals surface area contributed by atoms with E-state index in [0.29, 0.717) is 5.88 Å². The number of alkyl halides is 1. The molecule has 0 spiro atoms. The number of hydrogen-bond acceptors (Lipinski definition) is 2. The maximum atomic E-state index is 5.81. The lowest BCUT2D eigenvalue weighted by Gasteiger charge is -2.04. The van der Waals surface area contributed by atoms with Crippen LogP contribution in [0.2, 0.25) is 0 Å². The Balaban J connectivity index is 2.54. The largest absolute Gasteiger partial charge is 0.237 e. The molecule has 2 rings (SSSR count). The van der Waals surface area contributed by atoms with Gasteiger partial charge in [0.25, 0.3) is 0 Å². The molecule has 0 aromatic carbocycles. The second-order valence-corrected chi connectivity index (χ2v) is 4.13. The van der Waals surface area contributed by atoms with Crippen LogP contribution >= 0.6 is 11.6 Å². The molecule has 0 saturated heterocycles. The van der Waals surface area contributed by atoms with Gasteiger partial charge in [0, 0.05) is 17.8 Å². The smallest absolute Gasteiger partial charge is 0.153 e. The standard InChI is InChI=1S/C12H14ClN3/c1-8-9(2)15-16(10(8)3)12-6-11(7-13)4-5-14-12/h4-6H,7H2,1-3H3. The molecule has 0 fully saturated rings. The molecule has 2 aromatic rings. The molecule has 3 nitrogen and oxygen atoms in total. The highest BCUT2D eigenvalue weighted by Gasteiger charge is 2.09. The van der Waals surface area contributed by atoms with E-state index in [9.17, 15) is 0 Å². The molecule has 0 N–H and O–H groups in total. The molecule has 0 radical (unpaired) electrons. The summed E-state index contributed by atoms with van der Waals surface area (Å²) >= 11 is 5.81. The molecule has 0 amide bonds. The molecule has 84 valence electrons. The SMILES string of the molecule is Cc1nn(-c2cc(CCl)ccn2)c(C)c1C. The quantitative estimate of drug-likeness (QED) is 0.750. The van der Waals surface area contributed by atoms with Gasteiger partial charge in [0.1, 0.15) is 0 Å². The van der Waals surface area contributed by atoms with Gasteiger partial charge >= 0.3 is 0 Å². The summed E-state index contributed by atoms with van der Waals surface area (Å²) in [6.07, 6.45) is 1.76. The van der Waals surface area contributed by atoms with Gasteiger partial charge in [-0.2, -0.15) is 5.10 Å². The maximum absolute atomic E-state index is 5.81. The third kappa shape index (κ3) is 1.83. The van der Waals surface area contributed by atoms with Crippen molar-refractivity contribution in [3.8, 4) is 5.82 Å². The number of aromatic nitrogens is 3. The zero-order chi connectivity index (χ0) is 11.7. The van der Waals surface area contributed by atoms with Crippen LogP contribution in [-0.2, 0) is 5.88 Å². The summed E-state index contributed by atoms with van der Waals surface area (Å²) in [6, 6.07) is 3.88. The van der Waals surface area contributed by atoms with Crippen LogP contribution in [0.25, 0.3) is 5.82 Å². The molecule has 2 heterocycles. The Labute approximate surface area is 100 Å². The fourth-order valence-corrected chi connectivity index (χ4v) is 1.77. The first-order valence-electron chi connectivity index (χ1n) is 5.17. The Morgan fingerprint density at radius 1 is 1.31 bits per heavy atom. The highest BCUT2D eigenvalue weighted by Crippen LogP contribution is 2.16. The number of rotatable bonds is 2. The van der Waals surface area contributed by atoms with Gasteiger partial charge in [-0.15, -0.1) is 11.6 Å². The minimum Gasteiger partial charge on any atom is -0.237 e. The summed E-state index contributed by atoms with van der Waals surface area (Å²) in [7, 11) is 0. The fraction of sp³-hybridized carbons (Fsp3) is 0.333. The van der Waals surface area contributed by atoms with E-state index in [2.05, 4.69) is 17.0 Å². The van der Waals surface area contributed by atoms with Gasteiger partial charge in [0.2, 0.25) is 0 Å². The van der Waals surface area contributed by atoms with Crippen LogP contribution in [0.5, 0.6) is 0 Å². The number of pyridine rings is 1. The average molecular weight is 236 g/mol. The van der Waals surface area contributed by atoms with Gasteiger partial charge in [0.15, 0.2) is 5.82 Å². The number of nitrogens with zero attached hydrogens (tertiary/aromatic N) is 3. The maximum Gasteiger partial charge on any atom is 0.153 e. The first-order valence-corrected chi connectivity index (χ1v) is 5.71. The van der Waals surface area contributed by atoms with Crippen molar-refractivity contribution in [3.63, 3.8) is 0 Å². The monoisotopic (exact) mass is 235 g/mol. The fourth-order valence-electron chi connectivity index (χ4n) is 1.60. The van der Waals surface area contributed by atoms with E-state index in [0.717, 1.165) is 22.8 Å². The molecule has 0 unspecified atom stereocenters. The van der Waals surface area contributed by atoms with Gasteiger partial charge in [-0.3, -0.25) is 0 Å². The zero-order valence-corrected chi connectivity index (χ0v) is 10.4. The summed E-state index contributed by atoms with van der Waals surface area (Å²) in [5, 5.41) is 4.47. The third-order valence-corrected chi connectivity index (χ3v) is 3.14.